The largest absolute Gasteiger partial charge is 0.357 e. The Kier molecular flexibility index (Phi) is 2.59. The van der Waals surface area contributed by atoms with E-state index in [1.807, 2.05) is 0 Å². The topological polar surface area (TPSA) is 15.6 Å². The number of nitrogens with zero attached hydrogens (tertiary/aromatic N) is 2. The zero-order valence-electron chi connectivity index (χ0n) is 9.87. The van der Waals surface area contributed by atoms with Gasteiger partial charge in [0.1, 0.15) is 11.3 Å². The summed E-state index contributed by atoms with van der Waals surface area (Å²) in [6.45, 7) is 10.8. The van der Waals surface area contributed by atoms with E-state index in [0.29, 0.717) is 5.41 Å². The van der Waals surface area contributed by atoms with Crippen LogP contribution >= 0.6 is 11.3 Å². The Bertz CT molecular complexity index is 465. The summed E-state index contributed by atoms with van der Waals surface area (Å²) in [5.41, 5.74) is 1.67. The summed E-state index contributed by atoms with van der Waals surface area (Å²) >= 11 is 1.75. The van der Waals surface area contributed by atoms with Crippen LogP contribution in [-0.2, 0) is 0 Å². The highest BCUT2D eigenvalue weighted by Crippen LogP contribution is 2.15. The van der Waals surface area contributed by atoms with Gasteiger partial charge in [-0.15, -0.1) is 11.3 Å². The number of fused-ring (bicyclic) bond motifs is 1. The molecule has 1 aliphatic heterocycles. The van der Waals surface area contributed by atoms with Crippen LogP contribution in [0.1, 0.15) is 26.3 Å². The van der Waals surface area contributed by atoms with Gasteiger partial charge in [0, 0.05) is 18.0 Å². The summed E-state index contributed by atoms with van der Waals surface area (Å²) < 4.78 is 1.19. The minimum Gasteiger partial charge on any atom is -0.357 e. The first kappa shape index (κ1) is 10.7. The average molecular weight is 222 g/mol. The van der Waals surface area contributed by atoms with E-state index in [9.17, 15) is 0 Å². The number of hydrogen-bond donors (Lipinski definition) is 0. The van der Waals surface area contributed by atoms with Crippen LogP contribution in [-0.4, -0.2) is 18.1 Å². The number of hydrogen-bond acceptors (Lipinski definition) is 3. The van der Waals surface area contributed by atoms with Crippen LogP contribution < -0.4 is 9.89 Å². The first-order valence-corrected chi connectivity index (χ1v) is 6.18. The third-order valence-electron chi connectivity index (χ3n) is 2.39. The third-order valence-corrected chi connectivity index (χ3v) is 3.43. The van der Waals surface area contributed by atoms with Crippen LogP contribution in [0.15, 0.2) is 10.4 Å². The van der Waals surface area contributed by atoms with E-state index in [1.165, 1.54) is 15.5 Å². The second-order valence-corrected chi connectivity index (χ2v) is 6.23. The van der Waals surface area contributed by atoms with Gasteiger partial charge < -0.3 is 4.90 Å². The average Bonchev–Trinajstić information content (AvgIpc) is 2.45. The Hall–Kier alpha value is -0.830. The van der Waals surface area contributed by atoms with E-state index in [2.05, 4.69) is 49.2 Å². The predicted molar refractivity (Wildman–Crippen MR) is 65.3 cm³/mol. The molecule has 1 aliphatic rings. The lowest BCUT2D eigenvalue weighted by molar-refractivity contribution is 0.271. The molecule has 0 fully saturated rings. The normalized spacial score (nSPS) is 15.6. The molecule has 0 radical (unpaired) electrons. The quantitative estimate of drug-likeness (QED) is 0.706. The Morgan fingerprint density at radius 3 is 2.87 bits per heavy atom. The van der Waals surface area contributed by atoms with E-state index in [1.54, 1.807) is 11.3 Å². The molecule has 3 heteroatoms. The van der Waals surface area contributed by atoms with E-state index >= 15 is 0 Å². The Morgan fingerprint density at radius 1 is 1.47 bits per heavy atom. The van der Waals surface area contributed by atoms with Crippen molar-refractivity contribution in [1.29, 1.82) is 0 Å². The molecule has 2 nitrogen and oxygen atoms in total. The Balaban J connectivity index is 2.30. The lowest BCUT2D eigenvalue weighted by Crippen LogP contribution is -2.37. The monoisotopic (exact) mass is 222 g/mol. The highest BCUT2D eigenvalue weighted by molar-refractivity contribution is 7.07. The molecule has 0 aliphatic carbocycles. The minimum atomic E-state index is 0.327. The van der Waals surface area contributed by atoms with Crippen LogP contribution in [0.4, 0.5) is 0 Å². The van der Waals surface area contributed by atoms with Crippen molar-refractivity contribution in [2.75, 3.05) is 13.2 Å². The summed E-state index contributed by atoms with van der Waals surface area (Å²) in [6.07, 6.45) is 2.26. The zero-order chi connectivity index (χ0) is 11.1. The van der Waals surface area contributed by atoms with Crippen molar-refractivity contribution in [2.24, 2.45) is 10.4 Å². The van der Waals surface area contributed by atoms with Gasteiger partial charge in [-0.25, -0.2) is 0 Å². The second-order valence-electron chi connectivity index (χ2n) is 5.37. The van der Waals surface area contributed by atoms with Crippen molar-refractivity contribution < 1.29 is 0 Å². The zero-order valence-corrected chi connectivity index (χ0v) is 10.7. The fourth-order valence-corrected chi connectivity index (χ4v) is 2.69. The van der Waals surface area contributed by atoms with Crippen LogP contribution in [0.5, 0.6) is 0 Å². The van der Waals surface area contributed by atoms with E-state index in [4.69, 9.17) is 0 Å². The van der Waals surface area contributed by atoms with E-state index in [-0.39, 0.29) is 0 Å². The van der Waals surface area contributed by atoms with Crippen LogP contribution in [0.25, 0.3) is 6.20 Å². The number of thiophene rings is 1. The molecule has 0 saturated heterocycles. The maximum absolute atomic E-state index is 4.59. The van der Waals surface area contributed by atoms with Gasteiger partial charge in [0.25, 0.3) is 0 Å². The maximum atomic E-state index is 4.59. The van der Waals surface area contributed by atoms with Gasteiger partial charge in [0.2, 0.25) is 0 Å². The Morgan fingerprint density at radius 2 is 2.20 bits per heavy atom. The Labute approximate surface area is 95.0 Å². The van der Waals surface area contributed by atoms with Crippen molar-refractivity contribution in [3.63, 3.8) is 0 Å². The molecular weight excluding hydrogens is 204 g/mol. The highest BCUT2D eigenvalue weighted by Gasteiger charge is 2.15. The van der Waals surface area contributed by atoms with Crippen molar-refractivity contribution in [1.82, 2.24) is 4.90 Å². The smallest absolute Gasteiger partial charge is 0.121 e. The summed E-state index contributed by atoms with van der Waals surface area (Å²) in [5, 5.41) is 3.50. The van der Waals surface area contributed by atoms with E-state index in [0.717, 1.165) is 13.2 Å². The molecular formula is C12H18N2S. The molecule has 2 heterocycles. The lowest BCUT2D eigenvalue weighted by Gasteiger charge is -2.28. The molecule has 0 bridgehead atoms. The lowest BCUT2D eigenvalue weighted by atomic mass is 9.96. The van der Waals surface area contributed by atoms with Gasteiger partial charge in [0.05, 0.1) is 0 Å². The fourth-order valence-electron chi connectivity index (χ4n) is 1.80. The van der Waals surface area contributed by atoms with Gasteiger partial charge in [-0.1, -0.05) is 20.8 Å². The highest BCUT2D eigenvalue weighted by atomic mass is 32.1. The molecule has 0 atom stereocenters. The van der Waals surface area contributed by atoms with Gasteiger partial charge in [0.15, 0.2) is 0 Å². The molecule has 0 amide bonds. The molecule has 0 aromatic carbocycles. The van der Waals surface area contributed by atoms with Crippen LogP contribution in [0, 0.1) is 12.3 Å². The molecule has 82 valence electrons. The predicted octanol–water partition coefficient (Wildman–Crippen LogP) is 1.73. The first-order valence-electron chi connectivity index (χ1n) is 5.30. The maximum Gasteiger partial charge on any atom is 0.121 e. The third kappa shape index (κ3) is 2.40. The summed E-state index contributed by atoms with van der Waals surface area (Å²) in [5.74, 6) is 0. The van der Waals surface area contributed by atoms with Crippen molar-refractivity contribution in [3.8, 4) is 0 Å². The van der Waals surface area contributed by atoms with Gasteiger partial charge in [-0.3, -0.25) is 4.99 Å². The molecule has 0 N–H and O–H groups in total. The van der Waals surface area contributed by atoms with Crippen LogP contribution in [0.3, 0.4) is 0 Å². The SMILES string of the molecule is Cc1csc2c1=CN(CC(C)(C)C)CN=2. The molecule has 0 spiro atoms. The van der Waals surface area contributed by atoms with Gasteiger partial charge >= 0.3 is 0 Å². The van der Waals surface area contributed by atoms with Gasteiger partial charge in [-0.05, 0) is 23.3 Å². The first-order chi connectivity index (χ1) is 6.96. The number of aryl methyl sites for hydroxylation is 1. The molecule has 15 heavy (non-hydrogen) atoms. The molecule has 2 rings (SSSR count). The summed E-state index contributed by atoms with van der Waals surface area (Å²) in [7, 11) is 0. The standard InChI is InChI=1S/C12H18N2S/c1-9-6-15-11-10(9)5-14(8-13-11)7-12(2,3)4/h5-6H,7-8H2,1-4H3. The van der Waals surface area contributed by atoms with Crippen molar-refractivity contribution >= 4 is 17.5 Å². The molecule has 1 aromatic rings. The fraction of sp³-hybridized carbons (Fsp3) is 0.583. The van der Waals surface area contributed by atoms with Crippen LogP contribution in [0.2, 0.25) is 0 Å². The second kappa shape index (κ2) is 3.63. The molecule has 0 saturated carbocycles. The van der Waals surface area contributed by atoms with Crippen molar-refractivity contribution in [2.45, 2.75) is 27.7 Å². The summed E-state index contributed by atoms with van der Waals surface area (Å²) in [6, 6.07) is 0. The molecule has 0 unspecified atom stereocenters. The molecule has 1 aromatic heterocycles. The van der Waals surface area contributed by atoms with Crippen molar-refractivity contribution in [3.05, 3.63) is 20.8 Å². The minimum absolute atomic E-state index is 0.327. The van der Waals surface area contributed by atoms with E-state index < -0.39 is 0 Å². The van der Waals surface area contributed by atoms with Gasteiger partial charge in [-0.2, -0.15) is 0 Å². The summed E-state index contributed by atoms with van der Waals surface area (Å²) in [4.78, 5) is 6.90. The number of rotatable bonds is 1.